The molecule has 0 saturated heterocycles. The normalized spacial score (nSPS) is 11.5. The van der Waals surface area contributed by atoms with Gasteiger partial charge in [0.05, 0.1) is 11.3 Å². The van der Waals surface area contributed by atoms with Gasteiger partial charge in [0.25, 0.3) is 5.88 Å². The van der Waals surface area contributed by atoms with Gasteiger partial charge in [-0.1, -0.05) is 0 Å². The summed E-state index contributed by atoms with van der Waals surface area (Å²) in [4.78, 5) is 7.58. The zero-order chi connectivity index (χ0) is 14.9. The van der Waals surface area contributed by atoms with Crippen LogP contribution in [0.2, 0.25) is 0 Å². The van der Waals surface area contributed by atoms with Crippen LogP contribution in [0.4, 0.5) is 17.6 Å². The first-order valence-electron chi connectivity index (χ1n) is 5.63. The van der Waals surface area contributed by atoms with E-state index in [0.29, 0.717) is 5.82 Å². The lowest BCUT2D eigenvalue weighted by Gasteiger charge is -2.09. The first-order valence-corrected chi connectivity index (χ1v) is 5.63. The maximum absolute atomic E-state index is 13.7. The van der Waals surface area contributed by atoms with Crippen LogP contribution in [0.25, 0.3) is 0 Å². The highest BCUT2D eigenvalue weighted by Gasteiger charge is 2.30. The number of nitrogens with zero attached hydrogens (tertiary/aromatic N) is 2. The van der Waals surface area contributed by atoms with Crippen molar-refractivity contribution in [3.05, 3.63) is 47.2 Å². The van der Waals surface area contributed by atoms with E-state index in [1.54, 1.807) is 6.92 Å². The van der Waals surface area contributed by atoms with Crippen LogP contribution in [-0.2, 0) is 6.18 Å². The van der Waals surface area contributed by atoms with E-state index in [9.17, 15) is 17.6 Å². The van der Waals surface area contributed by atoms with Gasteiger partial charge in [0.2, 0.25) is 5.82 Å². The molecule has 1 heterocycles. The van der Waals surface area contributed by atoms with Crippen molar-refractivity contribution in [1.82, 2.24) is 9.97 Å². The van der Waals surface area contributed by atoms with Crippen LogP contribution in [0.15, 0.2) is 24.3 Å². The van der Waals surface area contributed by atoms with Crippen LogP contribution >= 0.6 is 0 Å². The minimum atomic E-state index is -4.42. The first-order chi connectivity index (χ1) is 9.27. The molecule has 0 bridgehead atoms. The molecule has 0 aliphatic carbocycles. The van der Waals surface area contributed by atoms with Crippen LogP contribution in [0.5, 0.6) is 11.6 Å². The topological polar surface area (TPSA) is 35.0 Å². The summed E-state index contributed by atoms with van der Waals surface area (Å²) in [5.74, 6) is -0.675. The second-order valence-corrected chi connectivity index (χ2v) is 4.10. The molecule has 20 heavy (non-hydrogen) atoms. The fourth-order valence-corrected chi connectivity index (χ4v) is 1.56. The van der Waals surface area contributed by atoms with Crippen molar-refractivity contribution in [3.8, 4) is 11.6 Å². The van der Waals surface area contributed by atoms with E-state index in [0.717, 1.165) is 24.3 Å². The molecule has 0 spiro atoms. The van der Waals surface area contributed by atoms with Gasteiger partial charge in [-0.2, -0.15) is 22.5 Å². The molecule has 3 nitrogen and oxygen atoms in total. The Labute approximate surface area is 112 Å². The zero-order valence-corrected chi connectivity index (χ0v) is 10.6. The van der Waals surface area contributed by atoms with Gasteiger partial charge < -0.3 is 4.74 Å². The van der Waals surface area contributed by atoms with Crippen molar-refractivity contribution in [1.29, 1.82) is 0 Å². The van der Waals surface area contributed by atoms with Crippen LogP contribution in [0.3, 0.4) is 0 Å². The van der Waals surface area contributed by atoms with Crippen LogP contribution in [0, 0.1) is 19.7 Å². The summed E-state index contributed by atoms with van der Waals surface area (Å²) in [6, 6.07) is 3.92. The van der Waals surface area contributed by atoms with Gasteiger partial charge in [-0.25, -0.2) is 4.98 Å². The summed E-state index contributed by atoms with van der Waals surface area (Å²) in [6.45, 7) is 3.01. The molecular formula is C13H10F4N2O. The quantitative estimate of drug-likeness (QED) is 0.781. The van der Waals surface area contributed by atoms with E-state index in [2.05, 4.69) is 9.97 Å². The van der Waals surface area contributed by atoms with Crippen LogP contribution < -0.4 is 4.74 Å². The predicted molar refractivity (Wildman–Crippen MR) is 63.0 cm³/mol. The molecule has 0 aliphatic rings. The molecule has 0 radical (unpaired) electrons. The lowest BCUT2D eigenvalue weighted by Crippen LogP contribution is -2.04. The Bertz CT molecular complexity index is 624. The number of aryl methyl sites for hydroxylation is 2. The summed E-state index contributed by atoms with van der Waals surface area (Å²) in [6.07, 6.45) is -4.42. The standard InChI is InChI=1S/C13H10F4N2O/c1-7-11(14)12(19-8(2)18-7)20-10-5-3-9(4-6-10)13(15,16)17/h3-6H,1-2H3. The van der Waals surface area contributed by atoms with E-state index < -0.39 is 17.6 Å². The molecule has 2 rings (SSSR count). The fourth-order valence-electron chi connectivity index (χ4n) is 1.56. The summed E-state index contributed by atoms with van der Waals surface area (Å²) in [7, 11) is 0. The Kier molecular flexibility index (Phi) is 3.61. The smallest absolute Gasteiger partial charge is 0.416 e. The Hall–Kier alpha value is -2.18. The Morgan fingerprint density at radius 1 is 1.00 bits per heavy atom. The van der Waals surface area contributed by atoms with Gasteiger partial charge in [-0.15, -0.1) is 0 Å². The minimum absolute atomic E-state index is 0.0643. The summed E-state index contributed by atoms with van der Waals surface area (Å²) < 4.78 is 56.0. The van der Waals surface area contributed by atoms with E-state index in [4.69, 9.17) is 4.74 Å². The molecular weight excluding hydrogens is 276 g/mol. The van der Waals surface area contributed by atoms with Gasteiger partial charge >= 0.3 is 6.18 Å². The average Bonchev–Trinajstić information content (AvgIpc) is 2.35. The fraction of sp³-hybridized carbons (Fsp3) is 0.231. The molecule has 0 atom stereocenters. The molecule has 2 aromatic rings. The van der Waals surface area contributed by atoms with E-state index >= 15 is 0 Å². The third-order valence-electron chi connectivity index (χ3n) is 2.49. The monoisotopic (exact) mass is 286 g/mol. The van der Waals surface area contributed by atoms with Crippen molar-refractivity contribution in [2.75, 3.05) is 0 Å². The van der Waals surface area contributed by atoms with Gasteiger partial charge in [-0.05, 0) is 38.1 Å². The number of ether oxygens (including phenoxy) is 1. The van der Waals surface area contributed by atoms with Crippen LogP contribution in [0.1, 0.15) is 17.1 Å². The van der Waals surface area contributed by atoms with E-state index in [1.165, 1.54) is 6.92 Å². The molecule has 0 amide bonds. The summed E-state index contributed by atoms with van der Waals surface area (Å²) in [5.41, 5.74) is -0.695. The number of aromatic nitrogens is 2. The van der Waals surface area contributed by atoms with Crippen molar-refractivity contribution >= 4 is 0 Å². The molecule has 1 aromatic heterocycles. The molecule has 7 heteroatoms. The van der Waals surface area contributed by atoms with Crippen LogP contribution in [-0.4, -0.2) is 9.97 Å². The van der Waals surface area contributed by atoms with Crippen molar-refractivity contribution < 1.29 is 22.3 Å². The molecule has 0 saturated carbocycles. The molecule has 0 fully saturated rings. The molecule has 1 aromatic carbocycles. The number of hydrogen-bond acceptors (Lipinski definition) is 3. The number of benzene rings is 1. The zero-order valence-electron chi connectivity index (χ0n) is 10.6. The molecule has 0 aliphatic heterocycles. The summed E-state index contributed by atoms with van der Waals surface area (Å²) in [5, 5.41) is 0. The highest BCUT2D eigenvalue weighted by Crippen LogP contribution is 2.31. The largest absolute Gasteiger partial charge is 0.436 e. The second-order valence-electron chi connectivity index (χ2n) is 4.10. The maximum Gasteiger partial charge on any atom is 0.416 e. The Morgan fingerprint density at radius 2 is 1.60 bits per heavy atom. The molecule has 106 valence electrons. The first kappa shape index (κ1) is 14.2. The van der Waals surface area contributed by atoms with Gasteiger partial charge in [0.15, 0.2) is 0 Å². The number of hydrogen-bond donors (Lipinski definition) is 0. The van der Waals surface area contributed by atoms with Crippen molar-refractivity contribution in [2.45, 2.75) is 20.0 Å². The second kappa shape index (κ2) is 5.07. The Balaban J connectivity index is 2.27. The highest BCUT2D eigenvalue weighted by molar-refractivity contribution is 5.32. The van der Waals surface area contributed by atoms with Crippen molar-refractivity contribution in [3.63, 3.8) is 0 Å². The minimum Gasteiger partial charge on any atom is -0.436 e. The van der Waals surface area contributed by atoms with E-state index in [-0.39, 0.29) is 17.3 Å². The SMILES string of the molecule is Cc1nc(C)c(F)c(Oc2ccc(C(F)(F)F)cc2)n1. The van der Waals surface area contributed by atoms with Gasteiger partial charge in [0, 0.05) is 0 Å². The third-order valence-corrected chi connectivity index (χ3v) is 2.49. The third kappa shape index (κ3) is 3.04. The number of halogens is 4. The lowest BCUT2D eigenvalue weighted by molar-refractivity contribution is -0.137. The van der Waals surface area contributed by atoms with Gasteiger partial charge in [-0.3, -0.25) is 0 Å². The number of rotatable bonds is 2. The lowest BCUT2D eigenvalue weighted by atomic mass is 10.2. The predicted octanol–water partition coefficient (Wildman–Crippen LogP) is 4.04. The maximum atomic E-state index is 13.7. The average molecular weight is 286 g/mol. The Morgan fingerprint density at radius 3 is 2.15 bits per heavy atom. The van der Waals surface area contributed by atoms with Crippen molar-refractivity contribution in [2.24, 2.45) is 0 Å². The van der Waals surface area contributed by atoms with Gasteiger partial charge in [0.1, 0.15) is 11.6 Å². The summed E-state index contributed by atoms with van der Waals surface area (Å²) >= 11 is 0. The molecule has 0 unspecified atom stereocenters. The molecule has 0 N–H and O–H groups in total. The number of alkyl halides is 3. The van der Waals surface area contributed by atoms with E-state index in [1.807, 2.05) is 0 Å². The highest BCUT2D eigenvalue weighted by atomic mass is 19.4.